The van der Waals surface area contributed by atoms with Crippen LogP contribution < -0.4 is 0 Å². The first-order chi connectivity index (χ1) is 8.76. The molecule has 3 heteroatoms. The maximum Gasteiger partial charge on any atom is 0.337 e. The van der Waals surface area contributed by atoms with Crippen LogP contribution in [0.25, 0.3) is 0 Å². The quantitative estimate of drug-likeness (QED) is 0.766. The lowest BCUT2D eigenvalue weighted by atomic mass is 10.1. The first kappa shape index (κ1) is 11.7. The molecule has 3 rings (SSSR count). The minimum Gasteiger partial charge on any atom is -0.465 e. The number of carbonyl (C=O) groups excluding carboxylic acids is 1. The molecule has 1 aromatic rings. The Morgan fingerprint density at radius 3 is 2.67 bits per heavy atom. The van der Waals surface area contributed by atoms with Gasteiger partial charge in [-0.15, -0.1) is 0 Å². The summed E-state index contributed by atoms with van der Waals surface area (Å²) in [5, 5.41) is 0. The molecule has 2 unspecified atom stereocenters. The van der Waals surface area contributed by atoms with Gasteiger partial charge in [-0.1, -0.05) is 12.1 Å². The lowest BCUT2D eigenvalue weighted by Crippen LogP contribution is -2.31. The van der Waals surface area contributed by atoms with E-state index in [0.29, 0.717) is 5.56 Å². The van der Waals surface area contributed by atoms with Crippen molar-refractivity contribution in [3.8, 4) is 0 Å². The van der Waals surface area contributed by atoms with E-state index >= 15 is 0 Å². The molecule has 96 valence electrons. The lowest BCUT2D eigenvalue weighted by molar-refractivity contribution is 0.0600. The van der Waals surface area contributed by atoms with Gasteiger partial charge in [0, 0.05) is 19.1 Å². The van der Waals surface area contributed by atoms with Gasteiger partial charge in [0.05, 0.1) is 12.7 Å². The molecule has 0 amide bonds. The fraction of sp³-hybridized carbons (Fsp3) is 0.533. The molecule has 1 aliphatic carbocycles. The van der Waals surface area contributed by atoms with Gasteiger partial charge in [-0.05, 0) is 42.9 Å². The smallest absolute Gasteiger partial charge is 0.337 e. The highest BCUT2D eigenvalue weighted by molar-refractivity contribution is 5.89. The Bertz CT molecular complexity index is 440. The van der Waals surface area contributed by atoms with Crippen LogP contribution in [0.5, 0.6) is 0 Å². The number of benzene rings is 1. The van der Waals surface area contributed by atoms with Crippen molar-refractivity contribution in [2.75, 3.05) is 13.7 Å². The highest BCUT2D eigenvalue weighted by Crippen LogP contribution is 2.38. The topological polar surface area (TPSA) is 29.5 Å². The Kier molecular flexibility index (Phi) is 3.08. The molecule has 1 aliphatic heterocycles. The first-order valence-electron chi connectivity index (χ1n) is 6.67. The van der Waals surface area contributed by atoms with E-state index in [9.17, 15) is 4.79 Å². The molecule has 18 heavy (non-hydrogen) atoms. The second-order valence-electron chi connectivity index (χ2n) is 5.45. The zero-order valence-electron chi connectivity index (χ0n) is 10.8. The van der Waals surface area contributed by atoms with Gasteiger partial charge in [-0.2, -0.15) is 0 Å². The third kappa shape index (κ3) is 2.15. The number of piperidine rings is 1. The largest absolute Gasteiger partial charge is 0.465 e. The van der Waals surface area contributed by atoms with Gasteiger partial charge in [0.15, 0.2) is 0 Å². The number of nitrogens with zero attached hydrogens (tertiary/aromatic N) is 1. The number of hydrogen-bond acceptors (Lipinski definition) is 3. The molecule has 3 nitrogen and oxygen atoms in total. The summed E-state index contributed by atoms with van der Waals surface area (Å²) in [6.45, 7) is 2.27. The van der Waals surface area contributed by atoms with Crippen molar-refractivity contribution < 1.29 is 9.53 Å². The molecule has 2 atom stereocenters. The fourth-order valence-electron chi connectivity index (χ4n) is 3.32. The third-order valence-electron chi connectivity index (χ3n) is 4.28. The number of methoxy groups -OCH3 is 1. The van der Waals surface area contributed by atoms with Crippen LogP contribution in [0.1, 0.15) is 35.2 Å². The number of carbonyl (C=O) groups is 1. The summed E-state index contributed by atoms with van der Waals surface area (Å²) in [4.78, 5) is 13.9. The van der Waals surface area contributed by atoms with Crippen molar-refractivity contribution in [3.63, 3.8) is 0 Å². The van der Waals surface area contributed by atoms with Gasteiger partial charge in [0.25, 0.3) is 0 Å². The molecule has 1 saturated carbocycles. The number of fused-ring (bicyclic) bond motifs is 2. The summed E-state index contributed by atoms with van der Waals surface area (Å²) in [6, 6.07) is 8.59. The van der Waals surface area contributed by atoms with E-state index in [0.717, 1.165) is 18.5 Å². The Morgan fingerprint density at radius 1 is 1.33 bits per heavy atom. The standard InChI is InChI=1S/C15H19NO2/c1-18-15(17)13-5-2-11(3-6-13)9-16-10-12-4-7-14(16)8-12/h2-3,5-6,12,14H,4,7-10H2,1H3. The summed E-state index contributed by atoms with van der Waals surface area (Å²) < 4.78 is 4.70. The van der Waals surface area contributed by atoms with Crippen molar-refractivity contribution in [1.29, 1.82) is 0 Å². The number of rotatable bonds is 3. The van der Waals surface area contributed by atoms with Crippen LogP contribution >= 0.6 is 0 Å². The molecule has 1 aromatic carbocycles. The maximum absolute atomic E-state index is 11.3. The summed E-state index contributed by atoms with van der Waals surface area (Å²) in [6.07, 6.45) is 4.17. The number of hydrogen-bond donors (Lipinski definition) is 0. The fourth-order valence-corrected chi connectivity index (χ4v) is 3.32. The second-order valence-corrected chi connectivity index (χ2v) is 5.45. The highest BCUT2D eigenvalue weighted by atomic mass is 16.5. The minimum atomic E-state index is -0.262. The zero-order chi connectivity index (χ0) is 12.5. The van der Waals surface area contributed by atoms with Crippen LogP contribution in [0.15, 0.2) is 24.3 Å². The monoisotopic (exact) mass is 245 g/mol. The first-order valence-corrected chi connectivity index (χ1v) is 6.67. The summed E-state index contributed by atoms with van der Waals surface area (Å²) in [5.41, 5.74) is 1.92. The maximum atomic E-state index is 11.3. The van der Waals surface area contributed by atoms with Gasteiger partial charge < -0.3 is 4.74 Å². The van der Waals surface area contributed by atoms with E-state index in [2.05, 4.69) is 4.90 Å². The zero-order valence-corrected chi connectivity index (χ0v) is 10.8. The van der Waals surface area contributed by atoms with Crippen LogP contribution in [0.3, 0.4) is 0 Å². The SMILES string of the molecule is COC(=O)c1ccc(CN2CC3CCC2C3)cc1. The molecule has 1 saturated heterocycles. The Morgan fingerprint density at radius 2 is 2.11 bits per heavy atom. The van der Waals surface area contributed by atoms with Crippen LogP contribution in [0.4, 0.5) is 0 Å². The van der Waals surface area contributed by atoms with Crippen LogP contribution in [0.2, 0.25) is 0 Å². The average Bonchev–Trinajstić information content (AvgIpc) is 3.01. The Labute approximate surface area is 108 Å². The predicted molar refractivity (Wildman–Crippen MR) is 69.3 cm³/mol. The van der Waals surface area contributed by atoms with Crippen LogP contribution in [0, 0.1) is 5.92 Å². The van der Waals surface area contributed by atoms with Crippen molar-refractivity contribution in [3.05, 3.63) is 35.4 Å². The van der Waals surface area contributed by atoms with Gasteiger partial charge in [0.1, 0.15) is 0 Å². The van der Waals surface area contributed by atoms with E-state index in [1.165, 1.54) is 38.5 Å². The number of esters is 1. The Balaban J connectivity index is 1.65. The molecular formula is C15H19NO2. The highest BCUT2D eigenvalue weighted by Gasteiger charge is 2.37. The molecule has 2 aliphatic rings. The summed E-state index contributed by atoms with van der Waals surface area (Å²) in [5.74, 6) is 0.672. The molecular weight excluding hydrogens is 226 g/mol. The van der Waals surface area contributed by atoms with Gasteiger partial charge in [0.2, 0.25) is 0 Å². The molecule has 1 heterocycles. The van der Waals surface area contributed by atoms with Crippen molar-refractivity contribution >= 4 is 5.97 Å². The second kappa shape index (κ2) is 4.73. The van der Waals surface area contributed by atoms with Crippen molar-refractivity contribution in [2.24, 2.45) is 5.92 Å². The van der Waals surface area contributed by atoms with E-state index in [4.69, 9.17) is 4.74 Å². The molecule has 2 bridgehead atoms. The van der Waals surface area contributed by atoms with Gasteiger partial charge in [-0.3, -0.25) is 4.90 Å². The Hall–Kier alpha value is -1.35. The molecule has 0 spiro atoms. The summed E-state index contributed by atoms with van der Waals surface area (Å²) in [7, 11) is 1.41. The lowest BCUT2D eigenvalue weighted by Gasteiger charge is -2.26. The number of ether oxygens (including phenoxy) is 1. The van der Waals surface area contributed by atoms with E-state index in [1.807, 2.05) is 24.3 Å². The molecule has 0 radical (unpaired) electrons. The average molecular weight is 245 g/mol. The molecule has 2 fully saturated rings. The van der Waals surface area contributed by atoms with Gasteiger partial charge >= 0.3 is 5.97 Å². The minimum absolute atomic E-state index is 0.262. The van der Waals surface area contributed by atoms with Crippen LogP contribution in [-0.2, 0) is 11.3 Å². The predicted octanol–water partition coefficient (Wildman–Crippen LogP) is 2.46. The number of likely N-dealkylation sites (tertiary alicyclic amines) is 1. The van der Waals surface area contributed by atoms with Crippen molar-refractivity contribution in [1.82, 2.24) is 4.90 Å². The van der Waals surface area contributed by atoms with E-state index in [1.54, 1.807) is 0 Å². The molecule has 0 aromatic heterocycles. The van der Waals surface area contributed by atoms with E-state index < -0.39 is 0 Å². The van der Waals surface area contributed by atoms with Crippen molar-refractivity contribution in [2.45, 2.75) is 31.8 Å². The van der Waals surface area contributed by atoms with Crippen LogP contribution in [-0.4, -0.2) is 30.6 Å². The summed E-state index contributed by atoms with van der Waals surface area (Å²) >= 11 is 0. The normalized spacial score (nSPS) is 26.5. The third-order valence-corrected chi connectivity index (χ3v) is 4.28. The van der Waals surface area contributed by atoms with Gasteiger partial charge in [-0.25, -0.2) is 4.79 Å². The molecule has 0 N–H and O–H groups in total. The van der Waals surface area contributed by atoms with E-state index in [-0.39, 0.29) is 5.97 Å².